The molecule has 5 heteroatoms. The molecule has 2 N–H and O–H groups in total. The quantitative estimate of drug-likeness (QED) is 0.592. The van der Waals surface area contributed by atoms with Gasteiger partial charge in [0.05, 0.1) is 12.5 Å². The molecule has 0 unspecified atom stereocenters. The Labute approximate surface area is 114 Å². The third kappa shape index (κ3) is 4.26. The summed E-state index contributed by atoms with van der Waals surface area (Å²) in [5.74, 6) is -0.218. The van der Waals surface area contributed by atoms with Gasteiger partial charge in [-0.2, -0.15) is 0 Å². The molecule has 19 heavy (non-hydrogen) atoms. The van der Waals surface area contributed by atoms with Crippen LogP contribution in [0.5, 0.6) is 0 Å². The molecule has 1 saturated carbocycles. The van der Waals surface area contributed by atoms with Gasteiger partial charge in [0, 0.05) is 12.6 Å². The van der Waals surface area contributed by atoms with Gasteiger partial charge in [-0.1, -0.05) is 25.3 Å². The fourth-order valence-corrected chi connectivity index (χ4v) is 2.46. The highest BCUT2D eigenvalue weighted by Crippen LogP contribution is 2.36. The standard InChI is InChI=1S/C14H24N2O3/c1-4-11(2)16-13(18)15-10-14(12(17)19-3)8-6-5-7-9-14/h4,11H,1,5-10H2,2-3H3,(H2,15,16,18)/t11-/m1/s1. The number of urea groups is 1. The number of hydrogen-bond acceptors (Lipinski definition) is 3. The number of carbonyl (C=O) groups is 2. The van der Waals surface area contributed by atoms with E-state index in [0.717, 1.165) is 32.1 Å². The maximum atomic E-state index is 12.0. The smallest absolute Gasteiger partial charge is 0.315 e. The molecular weight excluding hydrogens is 244 g/mol. The van der Waals surface area contributed by atoms with Crippen molar-refractivity contribution in [3.8, 4) is 0 Å². The van der Waals surface area contributed by atoms with Crippen LogP contribution in [0.15, 0.2) is 12.7 Å². The van der Waals surface area contributed by atoms with Crippen molar-refractivity contribution in [3.63, 3.8) is 0 Å². The van der Waals surface area contributed by atoms with Gasteiger partial charge in [0.25, 0.3) is 0 Å². The molecule has 0 radical (unpaired) electrons. The predicted molar refractivity (Wildman–Crippen MR) is 73.7 cm³/mol. The summed E-state index contributed by atoms with van der Waals surface area (Å²) in [4.78, 5) is 23.7. The lowest BCUT2D eigenvalue weighted by molar-refractivity contribution is -0.154. The first-order chi connectivity index (χ1) is 9.04. The molecular formula is C14H24N2O3. The van der Waals surface area contributed by atoms with E-state index in [9.17, 15) is 9.59 Å². The van der Waals surface area contributed by atoms with Crippen LogP contribution in [0, 0.1) is 5.41 Å². The highest BCUT2D eigenvalue weighted by atomic mass is 16.5. The van der Waals surface area contributed by atoms with Crippen molar-refractivity contribution in [2.75, 3.05) is 13.7 Å². The van der Waals surface area contributed by atoms with Crippen LogP contribution in [0.25, 0.3) is 0 Å². The number of methoxy groups -OCH3 is 1. The SMILES string of the molecule is C=C[C@@H](C)NC(=O)NCC1(C(=O)OC)CCCCC1. The average molecular weight is 268 g/mol. The fourth-order valence-electron chi connectivity index (χ4n) is 2.46. The second-order valence-electron chi connectivity index (χ2n) is 5.18. The van der Waals surface area contributed by atoms with Gasteiger partial charge in [-0.05, 0) is 19.8 Å². The molecule has 1 atom stereocenters. The lowest BCUT2D eigenvalue weighted by Crippen LogP contribution is -2.48. The lowest BCUT2D eigenvalue weighted by atomic mass is 9.74. The molecule has 0 aromatic rings. The fraction of sp³-hybridized carbons (Fsp3) is 0.714. The van der Waals surface area contributed by atoms with E-state index in [1.54, 1.807) is 6.08 Å². The van der Waals surface area contributed by atoms with E-state index in [1.165, 1.54) is 7.11 Å². The second-order valence-corrected chi connectivity index (χ2v) is 5.18. The topological polar surface area (TPSA) is 67.4 Å². The van der Waals surface area contributed by atoms with Crippen LogP contribution in [0.4, 0.5) is 4.79 Å². The van der Waals surface area contributed by atoms with Crippen molar-refractivity contribution in [1.29, 1.82) is 0 Å². The lowest BCUT2D eigenvalue weighted by Gasteiger charge is -2.34. The molecule has 0 heterocycles. The zero-order valence-electron chi connectivity index (χ0n) is 11.8. The normalized spacial score (nSPS) is 19.1. The molecule has 0 aromatic carbocycles. The average Bonchev–Trinajstić information content (AvgIpc) is 2.45. The van der Waals surface area contributed by atoms with Gasteiger partial charge in [-0.25, -0.2) is 4.79 Å². The van der Waals surface area contributed by atoms with E-state index in [2.05, 4.69) is 17.2 Å². The number of hydrogen-bond donors (Lipinski definition) is 2. The van der Waals surface area contributed by atoms with Crippen molar-refractivity contribution in [2.24, 2.45) is 5.41 Å². The van der Waals surface area contributed by atoms with E-state index in [-0.39, 0.29) is 18.0 Å². The number of carbonyl (C=O) groups excluding carboxylic acids is 2. The second kappa shape index (κ2) is 7.16. The van der Waals surface area contributed by atoms with Crippen LogP contribution in [0.3, 0.4) is 0 Å². The Morgan fingerprint density at radius 3 is 2.53 bits per heavy atom. The maximum absolute atomic E-state index is 12.0. The van der Waals surface area contributed by atoms with E-state index in [4.69, 9.17) is 4.74 Å². The third-order valence-electron chi connectivity index (χ3n) is 3.73. The molecule has 0 bridgehead atoms. The van der Waals surface area contributed by atoms with E-state index in [0.29, 0.717) is 6.54 Å². The van der Waals surface area contributed by atoms with Crippen molar-refractivity contribution in [3.05, 3.63) is 12.7 Å². The summed E-state index contributed by atoms with van der Waals surface area (Å²) in [7, 11) is 1.40. The highest BCUT2D eigenvalue weighted by molar-refractivity contribution is 5.79. The molecule has 5 nitrogen and oxygen atoms in total. The van der Waals surface area contributed by atoms with Crippen LogP contribution in [-0.2, 0) is 9.53 Å². The third-order valence-corrected chi connectivity index (χ3v) is 3.73. The molecule has 2 amide bonds. The van der Waals surface area contributed by atoms with Gasteiger partial charge < -0.3 is 15.4 Å². The van der Waals surface area contributed by atoms with E-state index in [1.807, 2.05) is 6.92 Å². The molecule has 0 aromatic heterocycles. The van der Waals surface area contributed by atoms with Crippen LogP contribution < -0.4 is 10.6 Å². The molecule has 108 valence electrons. The number of esters is 1. The summed E-state index contributed by atoms with van der Waals surface area (Å²) >= 11 is 0. The first-order valence-corrected chi connectivity index (χ1v) is 6.79. The van der Waals surface area contributed by atoms with Crippen molar-refractivity contribution in [1.82, 2.24) is 10.6 Å². The van der Waals surface area contributed by atoms with Crippen molar-refractivity contribution in [2.45, 2.75) is 45.1 Å². The monoisotopic (exact) mass is 268 g/mol. The molecule has 0 aliphatic heterocycles. The molecule has 1 aliphatic rings. The van der Waals surface area contributed by atoms with Crippen LogP contribution in [-0.4, -0.2) is 31.7 Å². The zero-order valence-corrected chi connectivity index (χ0v) is 11.8. The Balaban J connectivity index is 2.56. The molecule has 1 aliphatic carbocycles. The summed E-state index contributed by atoms with van der Waals surface area (Å²) in [6, 6.07) is -0.373. The maximum Gasteiger partial charge on any atom is 0.315 e. The summed E-state index contributed by atoms with van der Waals surface area (Å²) in [5.41, 5.74) is -0.554. The van der Waals surface area contributed by atoms with Gasteiger partial charge in [-0.15, -0.1) is 6.58 Å². The van der Waals surface area contributed by atoms with E-state index >= 15 is 0 Å². The predicted octanol–water partition coefficient (Wildman–Crippen LogP) is 1.98. The summed E-state index contributed by atoms with van der Waals surface area (Å²) < 4.78 is 4.90. The highest BCUT2D eigenvalue weighted by Gasteiger charge is 2.40. The first-order valence-electron chi connectivity index (χ1n) is 6.79. The number of nitrogens with one attached hydrogen (secondary N) is 2. The number of ether oxygens (including phenoxy) is 1. The Kier molecular flexibility index (Phi) is 5.86. The van der Waals surface area contributed by atoms with E-state index < -0.39 is 5.41 Å². The molecule has 1 rings (SSSR count). The summed E-state index contributed by atoms with van der Waals surface area (Å²) in [6.07, 6.45) is 6.34. The molecule has 0 saturated heterocycles. The van der Waals surface area contributed by atoms with Crippen LogP contribution >= 0.6 is 0 Å². The summed E-state index contributed by atoms with van der Waals surface area (Å²) in [6.45, 7) is 5.77. The van der Waals surface area contributed by atoms with Crippen molar-refractivity contribution < 1.29 is 14.3 Å². The van der Waals surface area contributed by atoms with Crippen LogP contribution in [0.2, 0.25) is 0 Å². The van der Waals surface area contributed by atoms with Crippen LogP contribution in [0.1, 0.15) is 39.0 Å². The van der Waals surface area contributed by atoms with Gasteiger partial charge >= 0.3 is 12.0 Å². The number of amides is 2. The zero-order chi connectivity index (χ0) is 14.3. The Bertz CT molecular complexity index is 336. The van der Waals surface area contributed by atoms with Gasteiger partial charge in [0.15, 0.2) is 0 Å². The Morgan fingerprint density at radius 1 is 1.37 bits per heavy atom. The summed E-state index contributed by atoms with van der Waals surface area (Å²) in [5, 5.41) is 5.50. The Morgan fingerprint density at radius 2 is 2.00 bits per heavy atom. The van der Waals surface area contributed by atoms with Gasteiger partial charge in [-0.3, -0.25) is 4.79 Å². The first kappa shape index (κ1) is 15.5. The minimum atomic E-state index is -0.554. The van der Waals surface area contributed by atoms with Crippen molar-refractivity contribution >= 4 is 12.0 Å². The Hall–Kier alpha value is -1.52. The molecule has 1 fully saturated rings. The molecule has 0 spiro atoms. The van der Waals surface area contributed by atoms with Gasteiger partial charge in [0.1, 0.15) is 0 Å². The minimum Gasteiger partial charge on any atom is -0.469 e. The number of rotatable bonds is 5. The largest absolute Gasteiger partial charge is 0.469 e. The minimum absolute atomic E-state index is 0.0968. The van der Waals surface area contributed by atoms with Gasteiger partial charge in [0.2, 0.25) is 0 Å².